The van der Waals surface area contributed by atoms with Gasteiger partial charge in [0.1, 0.15) is 0 Å². The summed E-state index contributed by atoms with van der Waals surface area (Å²) in [5.74, 6) is 0.0482. The van der Waals surface area contributed by atoms with Gasteiger partial charge in [0.2, 0.25) is 5.91 Å². The normalized spacial score (nSPS) is 14.8. The van der Waals surface area contributed by atoms with Crippen LogP contribution in [-0.4, -0.2) is 30.1 Å². The zero-order chi connectivity index (χ0) is 16.9. The second-order valence-corrected chi connectivity index (χ2v) is 5.75. The molecule has 1 aliphatic carbocycles. The van der Waals surface area contributed by atoms with Crippen LogP contribution < -0.4 is 0 Å². The highest BCUT2D eigenvalue weighted by molar-refractivity contribution is 5.76. The third-order valence-corrected chi connectivity index (χ3v) is 3.83. The van der Waals surface area contributed by atoms with Crippen LogP contribution in [0.1, 0.15) is 43.7 Å². The first kappa shape index (κ1) is 17.8. The number of rotatable bonds is 8. The predicted molar refractivity (Wildman–Crippen MR) is 80.7 cm³/mol. The maximum atomic E-state index is 12.6. The average Bonchev–Trinajstić information content (AvgIpc) is 3.33. The van der Waals surface area contributed by atoms with E-state index in [0.717, 1.165) is 30.5 Å². The Kier molecular flexibility index (Phi) is 6.04. The number of alkyl halides is 3. The van der Waals surface area contributed by atoms with Gasteiger partial charge in [0.05, 0.1) is 5.56 Å². The molecule has 0 spiro atoms. The van der Waals surface area contributed by atoms with E-state index in [9.17, 15) is 18.0 Å². The number of nitrogens with zero attached hydrogens (tertiary/aromatic N) is 1. The largest absolute Gasteiger partial charge is 0.416 e. The molecule has 0 N–H and O–H groups in total. The topological polar surface area (TPSA) is 29.5 Å². The van der Waals surface area contributed by atoms with Crippen LogP contribution in [0, 0.1) is 0 Å². The van der Waals surface area contributed by atoms with E-state index < -0.39 is 11.7 Å². The van der Waals surface area contributed by atoms with E-state index in [1.54, 1.807) is 4.90 Å². The number of hydrogen-bond acceptors (Lipinski definition) is 2. The lowest BCUT2D eigenvalue weighted by molar-refractivity contribution is -0.137. The monoisotopic (exact) mass is 329 g/mol. The fraction of sp³-hybridized carbons (Fsp3) is 0.588. The molecular formula is C17H22F3NO2. The molecule has 0 heterocycles. The van der Waals surface area contributed by atoms with Gasteiger partial charge in [-0.2, -0.15) is 13.2 Å². The van der Waals surface area contributed by atoms with Crippen molar-refractivity contribution in [1.82, 2.24) is 4.90 Å². The van der Waals surface area contributed by atoms with Crippen LogP contribution in [0.5, 0.6) is 0 Å². The molecule has 0 aliphatic heterocycles. The first-order chi connectivity index (χ1) is 10.9. The molecule has 0 bridgehead atoms. The first-order valence-electron chi connectivity index (χ1n) is 7.95. The van der Waals surface area contributed by atoms with E-state index in [4.69, 9.17) is 4.74 Å². The summed E-state index contributed by atoms with van der Waals surface area (Å²) in [5.41, 5.74) is 0.0605. The molecule has 1 amide bonds. The lowest BCUT2D eigenvalue weighted by Gasteiger charge is -2.23. The van der Waals surface area contributed by atoms with Crippen molar-refractivity contribution in [1.29, 1.82) is 0 Å². The zero-order valence-electron chi connectivity index (χ0n) is 13.2. The van der Waals surface area contributed by atoms with E-state index in [1.165, 1.54) is 12.1 Å². The van der Waals surface area contributed by atoms with Crippen molar-refractivity contribution in [3.63, 3.8) is 0 Å². The van der Waals surface area contributed by atoms with Crippen molar-refractivity contribution >= 4 is 5.91 Å². The third kappa shape index (κ3) is 5.53. The highest BCUT2D eigenvalue weighted by atomic mass is 19.4. The summed E-state index contributed by atoms with van der Waals surface area (Å²) in [6.45, 7) is 3.46. The van der Waals surface area contributed by atoms with Gasteiger partial charge in [-0.05, 0) is 43.9 Å². The Balaban J connectivity index is 1.93. The molecule has 1 aromatic rings. The van der Waals surface area contributed by atoms with Crippen molar-refractivity contribution in [3.05, 3.63) is 35.4 Å². The van der Waals surface area contributed by atoms with Crippen LogP contribution in [0.25, 0.3) is 0 Å². The summed E-state index contributed by atoms with van der Waals surface area (Å²) < 4.78 is 42.9. The lowest BCUT2D eigenvalue weighted by atomic mass is 10.1. The average molecular weight is 329 g/mol. The van der Waals surface area contributed by atoms with Gasteiger partial charge < -0.3 is 9.64 Å². The Morgan fingerprint density at radius 3 is 2.43 bits per heavy atom. The predicted octanol–water partition coefficient (Wildman–Crippen LogP) is 4.01. The number of amides is 1. The smallest absolute Gasteiger partial charge is 0.382 e. The summed E-state index contributed by atoms with van der Waals surface area (Å²) >= 11 is 0. The Morgan fingerprint density at radius 2 is 1.91 bits per heavy atom. The molecule has 0 radical (unpaired) electrons. The summed E-state index contributed by atoms with van der Waals surface area (Å²) in [5, 5.41) is 0. The fourth-order valence-corrected chi connectivity index (χ4v) is 2.42. The Hall–Kier alpha value is -1.56. The van der Waals surface area contributed by atoms with Gasteiger partial charge in [-0.1, -0.05) is 12.1 Å². The summed E-state index contributed by atoms with van der Waals surface area (Å²) in [7, 11) is 0. The van der Waals surface area contributed by atoms with Crippen LogP contribution in [0.15, 0.2) is 24.3 Å². The molecule has 3 nitrogen and oxygen atoms in total. The molecule has 1 aliphatic rings. The Labute approximate surface area is 134 Å². The van der Waals surface area contributed by atoms with Gasteiger partial charge in [-0.15, -0.1) is 0 Å². The maximum absolute atomic E-state index is 12.6. The summed E-state index contributed by atoms with van der Waals surface area (Å²) in [4.78, 5) is 14.1. The standard InChI is InChI=1S/C17H22F3NO2/c1-2-23-11-3-4-16(22)21(15-9-10-15)12-13-5-7-14(8-6-13)17(18,19)20/h5-8,15H,2-4,9-12H2,1H3. The highest BCUT2D eigenvalue weighted by Gasteiger charge is 2.33. The number of ether oxygens (including phenoxy) is 1. The van der Waals surface area contributed by atoms with Gasteiger partial charge in [-0.25, -0.2) is 0 Å². The number of hydrogen-bond donors (Lipinski definition) is 0. The van der Waals surface area contributed by atoms with Gasteiger partial charge in [0, 0.05) is 32.2 Å². The van der Waals surface area contributed by atoms with Crippen molar-refractivity contribution in [2.24, 2.45) is 0 Å². The second-order valence-electron chi connectivity index (χ2n) is 5.75. The molecular weight excluding hydrogens is 307 g/mol. The van der Waals surface area contributed by atoms with E-state index in [-0.39, 0.29) is 11.9 Å². The molecule has 128 valence electrons. The molecule has 1 saturated carbocycles. The Morgan fingerprint density at radius 1 is 1.26 bits per heavy atom. The minimum atomic E-state index is -4.33. The molecule has 6 heteroatoms. The van der Waals surface area contributed by atoms with Crippen molar-refractivity contribution in [2.75, 3.05) is 13.2 Å². The second kappa shape index (κ2) is 7.81. The van der Waals surface area contributed by atoms with E-state index >= 15 is 0 Å². The molecule has 0 unspecified atom stereocenters. The highest BCUT2D eigenvalue weighted by Crippen LogP contribution is 2.31. The summed E-state index contributed by atoms with van der Waals surface area (Å²) in [6, 6.07) is 5.27. The van der Waals surface area contributed by atoms with Crippen LogP contribution >= 0.6 is 0 Å². The molecule has 23 heavy (non-hydrogen) atoms. The van der Waals surface area contributed by atoms with Crippen LogP contribution in [0.4, 0.5) is 13.2 Å². The van der Waals surface area contributed by atoms with E-state index in [2.05, 4.69) is 0 Å². The SMILES string of the molecule is CCOCCCC(=O)N(Cc1ccc(C(F)(F)F)cc1)C1CC1. The van der Waals surface area contributed by atoms with Gasteiger partial charge in [-0.3, -0.25) is 4.79 Å². The third-order valence-electron chi connectivity index (χ3n) is 3.83. The maximum Gasteiger partial charge on any atom is 0.416 e. The minimum absolute atomic E-state index is 0.0482. The molecule has 0 atom stereocenters. The Bertz CT molecular complexity index is 510. The first-order valence-corrected chi connectivity index (χ1v) is 7.95. The zero-order valence-corrected chi connectivity index (χ0v) is 13.2. The number of carbonyl (C=O) groups is 1. The molecule has 2 rings (SSSR count). The van der Waals surface area contributed by atoms with E-state index in [1.807, 2.05) is 6.92 Å². The van der Waals surface area contributed by atoms with Crippen molar-refractivity contribution in [2.45, 2.75) is 51.4 Å². The fourth-order valence-electron chi connectivity index (χ4n) is 2.42. The number of benzene rings is 1. The lowest BCUT2D eigenvalue weighted by Crippen LogP contribution is -2.32. The summed E-state index contributed by atoms with van der Waals surface area (Å²) in [6.07, 6.45) is -1.31. The molecule has 0 saturated heterocycles. The quantitative estimate of drug-likeness (QED) is 0.674. The van der Waals surface area contributed by atoms with Gasteiger partial charge >= 0.3 is 6.18 Å². The van der Waals surface area contributed by atoms with Gasteiger partial charge in [0.25, 0.3) is 0 Å². The molecule has 0 aromatic heterocycles. The molecule has 1 fully saturated rings. The van der Waals surface area contributed by atoms with Crippen LogP contribution in [0.2, 0.25) is 0 Å². The van der Waals surface area contributed by atoms with Gasteiger partial charge in [0.15, 0.2) is 0 Å². The van der Waals surface area contributed by atoms with E-state index in [0.29, 0.717) is 32.6 Å². The molecule has 1 aromatic carbocycles. The minimum Gasteiger partial charge on any atom is -0.382 e. The number of carbonyl (C=O) groups excluding carboxylic acids is 1. The number of halogens is 3. The van der Waals surface area contributed by atoms with Crippen LogP contribution in [-0.2, 0) is 22.3 Å². The van der Waals surface area contributed by atoms with Crippen molar-refractivity contribution in [3.8, 4) is 0 Å². The van der Waals surface area contributed by atoms with Crippen molar-refractivity contribution < 1.29 is 22.7 Å². The van der Waals surface area contributed by atoms with Crippen LogP contribution in [0.3, 0.4) is 0 Å².